The highest BCUT2D eigenvalue weighted by Gasteiger charge is 2.38. The van der Waals surface area contributed by atoms with E-state index in [0.29, 0.717) is 17.7 Å². The summed E-state index contributed by atoms with van der Waals surface area (Å²) in [5.41, 5.74) is 0.867. The SMILES string of the molecule is Cc1ccc(C(=O)NCC2(N3CCOCC3)CCCCC2)cc1[N+](=O)[O-]. The fourth-order valence-corrected chi connectivity index (χ4v) is 4.15. The molecule has 2 fully saturated rings. The molecule has 0 spiro atoms. The van der Waals surface area contributed by atoms with Crippen LogP contribution in [-0.2, 0) is 4.74 Å². The van der Waals surface area contributed by atoms with E-state index in [1.807, 2.05) is 0 Å². The van der Waals surface area contributed by atoms with Gasteiger partial charge >= 0.3 is 0 Å². The van der Waals surface area contributed by atoms with Crippen LogP contribution in [0.5, 0.6) is 0 Å². The lowest BCUT2D eigenvalue weighted by Gasteiger charge is -2.48. The lowest BCUT2D eigenvalue weighted by Crippen LogP contribution is -2.59. The van der Waals surface area contributed by atoms with Crippen molar-refractivity contribution in [2.45, 2.75) is 44.6 Å². The monoisotopic (exact) mass is 361 g/mol. The molecule has 142 valence electrons. The second-order valence-electron chi connectivity index (χ2n) is 7.33. The maximum Gasteiger partial charge on any atom is 0.273 e. The molecule has 7 heteroatoms. The van der Waals surface area contributed by atoms with Crippen LogP contribution in [-0.4, -0.2) is 54.1 Å². The van der Waals surface area contributed by atoms with Gasteiger partial charge in [-0.15, -0.1) is 0 Å². The number of nitrogens with one attached hydrogen (secondary N) is 1. The van der Waals surface area contributed by atoms with Crippen molar-refractivity contribution >= 4 is 11.6 Å². The van der Waals surface area contributed by atoms with Crippen molar-refractivity contribution in [1.82, 2.24) is 10.2 Å². The van der Waals surface area contributed by atoms with Crippen molar-refractivity contribution < 1.29 is 14.5 Å². The zero-order chi connectivity index (χ0) is 18.6. The molecule has 0 aromatic heterocycles. The van der Waals surface area contributed by atoms with E-state index in [1.54, 1.807) is 19.1 Å². The zero-order valence-corrected chi connectivity index (χ0v) is 15.3. The maximum absolute atomic E-state index is 12.6. The molecule has 7 nitrogen and oxygen atoms in total. The van der Waals surface area contributed by atoms with Crippen molar-refractivity contribution in [2.24, 2.45) is 0 Å². The Bertz CT molecular complexity index is 665. The van der Waals surface area contributed by atoms with Gasteiger partial charge in [0.25, 0.3) is 11.6 Å². The Hall–Kier alpha value is -1.99. The molecule has 3 rings (SSSR count). The molecule has 1 heterocycles. The summed E-state index contributed by atoms with van der Waals surface area (Å²) in [6, 6.07) is 4.65. The summed E-state index contributed by atoms with van der Waals surface area (Å²) in [7, 11) is 0. The van der Waals surface area contributed by atoms with Gasteiger partial charge in [-0.3, -0.25) is 19.8 Å². The number of ether oxygens (including phenoxy) is 1. The number of nitrogens with zero attached hydrogens (tertiary/aromatic N) is 2. The molecular formula is C19H27N3O4. The zero-order valence-electron chi connectivity index (χ0n) is 15.3. The van der Waals surface area contributed by atoms with Crippen molar-refractivity contribution in [3.05, 3.63) is 39.4 Å². The van der Waals surface area contributed by atoms with Crippen LogP contribution in [0.2, 0.25) is 0 Å². The molecule has 1 aliphatic carbocycles. The third-order valence-corrected chi connectivity index (χ3v) is 5.71. The van der Waals surface area contributed by atoms with Gasteiger partial charge in [-0.1, -0.05) is 25.3 Å². The summed E-state index contributed by atoms with van der Waals surface area (Å²) in [5.74, 6) is -0.244. The molecule has 0 atom stereocenters. The Morgan fingerprint density at radius 3 is 2.62 bits per heavy atom. The minimum Gasteiger partial charge on any atom is -0.379 e. The van der Waals surface area contributed by atoms with Gasteiger partial charge in [0.05, 0.1) is 18.1 Å². The predicted octanol–water partition coefficient (Wildman–Crippen LogP) is 2.67. The van der Waals surface area contributed by atoms with Crippen molar-refractivity contribution in [3.63, 3.8) is 0 Å². The molecule has 0 unspecified atom stereocenters. The number of carbonyl (C=O) groups excluding carboxylic acids is 1. The number of carbonyl (C=O) groups is 1. The lowest BCUT2D eigenvalue weighted by atomic mass is 9.79. The molecule has 1 aromatic carbocycles. The van der Waals surface area contributed by atoms with Crippen LogP contribution in [0, 0.1) is 17.0 Å². The fourth-order valence-electron chi connectivity index (χ4n) is 4.15. The van der Waals surface area contributed by atoms with Crippen LogP contribution in [0.15, 0.2) is 18.2 Å². The quantitative estimate of drug-likeness (QED) is 0.644. The highest BCUT2D eigenvalue weighted by atomic mass is 16.6. The largest absolute Gasteiger partial charge is 0.379 e. The molecule has 1 N–H and O–H groups in total. The van der Waals surface area contributed by atoms with Gasteiger partial charge in [-0.25, -0.2) is 0 Å². The second-order valence-corrected chi connectivity index (χ2v) is 7.33. The number of amides is 1. The molecule has 1 aliphatic heterocycles. The molecule has 0 bridgehead atoms. The lowest BCUT2D eigenvalue weighted by molar-refractivity contribution is -0.385. The normalized spacial score (nSPS) is 20.5. The van der Waals surface area contributed by atoms with Crippen LogP contribution in [0.1, 0.15) is 48.0 Å². The van der Waals surface area contributed by atoms with E-state index in [9.17, 15) is 14.9 Å². The highest BCUT2D eigenvalue weighted by molar-refractivity contribution is 5.95. The first-order chi connectivity index (χ1) is 12.5. The summed E-state index contributed by atoms with van der Waals surface area (Å²) in [4.78, 5) is 25.8. The van der Waals surface area contributed by atoms with E-state index in [1.165, 1.54) is 25.3 Å². The summed E-state index contributed by atoms with van der Waals surface area (Å²) in [6.45, 7) is 5.51. The smallest absolute Gasteiger partial charge is 0.273 e. The summed E-state index contributed by atoms with van der Waals surface area (Å²) >= 11 is 0. The van der Waals surface area contributed by atoms with Crippen molar-refractivity contribution in [1.29, 1.82) is 0 Å². The highest BCUT2D eigenvalue weighted by Crippen LogP contribution is 2.34. The molecular weight excluding hydrogens is 334 g/mol. The van der Waals surface area contributed by atoms with Gasteiger partial charge in [0.15, 0.2) is 0 Å². The van der Waals surface area contributed by atoms with E-state index in [4.69, 9.17) is 4.74 Å². The van der Waals surface area contributed by atoms with Gasteiger partial charge in [0.1, 0.15) is 0 Å². The van der Waals surface area contributed by atoms with Crippen LogP contribution < -0.4 is 5.32 Å². The number of nitro benzene ring substituents is 1. The number of morpholine rings is 1. The Morgan fingerprint density at radius 2 is 1.96 bits per heavy atom. The number of hydrogen-bond donors (Lipinski definition) is 1. The number of aryl methyl sites for hydroxylation is 1. The van der Waals surface area contributed by atoms with Gasteiger partial charge < -0.3 is 10.1 Å². The fraction of sp³-hybridized carbons (Fsp3) is 0.632. The summed E-state index contributed by atoms with van der Waals surface area (Å²) in [5, 5.41) is 14.2. The Labute approximate surface area is 153 Å². The number of benzene rings is 1. The molecule has 0 radical (unpaired) electrons. The van der Waals surface area contributed by atoms with Crippen LogP contribution in [0.4, 0.5) is 5.69 Å². The van der Waals surface area contributed by atoms with Gasteiger partial charge in [-0.05, 0) is 25.8 Å². The first-order valence-corrected chi connectivity index (χ1v) is 9.38. The molecule has 1 aromatic rings. The topological polar surface area (TPSA) is 84.7 Å². The predicted molar refractivity (Wildman–Crippen MR) is 98.4 cm³/mol. The standard InChI is InChI=1S/C19H27N3O4/c1-15-5-6-16(13-17(15)22(24)25)18(23)20-14-19(7-3-2-4-8-19)21-9-11-26-12-10-21/h5-6,13H,2-4,7-12,14H2,1H3,(H,20,23). The molecule has 2 aliphatic rings. The van der Waals surface area contributed by atoms with Crippen LogP contribution >= 0.6 is 0 Å². The van der Waals surface area contributed by atoms with E-state index in [2.05, 4.69) is 10.2 Å². The Kier molecular flexibility index (Phi) is 5.88. The van der Waals surface area contributed by atoms with Crippen LogP contribution in [0.3, 0.4) is 0 Å². The minimum absolute atomic E-state index is 0.0155. The third-order valence-electron chi connectivity index (χ3n) is 5.71. The average molecular weight is 361 g/mol. The number of rotatable bonds is 5. The number of hydrogen-bond acceptors (Lipinski definition) is 5. The number of nitro groups is 1. The maximum atomic E-state index is 12.6. The van der Waals surface area contributed by atoms with Gasteiger partial charge in [0, 0.05) is 42.4 Å². The first kappa shape index (κ1) is 18.8. The van der Waals surface area contributed by atoms with Crippen molar-refractivity contribution in [3.8, 4) is 0 Å². The minimum atomic E-state index is -0.442. The summed E-state index contributed by atoms with van der Waals surface area (Å²) < 4.78 is 5.48. The van der Waals surface area contributed by atoms with E-state index < -0.39 is 4.92 Å². The van der Waals surface area contributed by atoms with E-state index >= 15 is 0 Å². The third kappa shape index (κ3) is 4.04. The molecule has 1 saturated carbocycles. The molecule has 1 amide bonds. The molecule has 1 saturated heterocycles. The van der Waals surface area contributed by atoms with E-state index in [0.717, 1.165) is 39.1 Å². The van der Waals surface area contributed by atoms with E-state index in [-0.39, 0.29) is 17.1 Å². The van der Waals surface area contributed by atoms with Gasteiger partial charge in [0.2, 0.25) is 0 Å². The Morgan fingerprint density at radius 1 is 1.27 bits per heavy atom. The van der Waals surface area contributed by atoms with Crippen LogP contribution in [0.25, 0.3) is 0 Å². The van der Waals surface area contributed by atoms with Crippen molar-refractivity contribution in [2.75, 3.05) is 32.8 Å². The molecule has 26 heavy (non-hydrogen) atoms. The van der Waals surface area contributed by atoms with Gasteiger partial charge in [-0.2, -0.15) is 0 Å². The first-order valence-electron chi connectivity index (χ1n) is 9.38. The summed E-state index contributed by atoms with van der Waals surface area (Å²) in [6.07, 6.45) is 5.72. The second kappa shape index (κ2) is 8.14. The average Bonchev–Trinajstić information content (AvgIpc) is 2.67. The Balaban J connectivity index is 1.71.